The molecule has 0 fully saturated rings. The lowest BCUT2D eigenvalue weighted by Crippen LogP contribution is -2.27. The number of rotatable bonds is 5. The van der Waals surface area contributed by atoms with Crippen molar-refractivity contribution in [2.75, 3.05) is 6.61 Å². The van der Waals surface area contributed by atoms with Crippen LogP contribution in [0.15, 0.2) is 66.4 Å². The Kier molecular flexibility index (Phi) is 5.64. The number of hydrogen-bond donors (Lipinski definition) is 0. The molecule has 5 nitrogen and oxygen atoms in total. The van der Waals surface area contributed by atoms with E-state index >= 15 is 0 Å². The quantitative estimate of drug-likeness (QED) is 0.563. The van der Waals surface area contributed by atoms with Gasteiger partial charge in [-0.2, -0.15) is 0 Å². The fourth-order valence-corrected chi connectivity index (χ4v) is 2.60. The third kappa shape index (κ3) is 5.10. The van der Waals surface area contributed by atoms with Crippen LogP contribution in [0.1, 0.15) is 36.7 Å². The molecule has 0 radical (unpaired) electrons. The molecule has 3 rings (SSSR count). The number of fused-ring (bicyclic) bond motifs is 1. The number of Topliss-reactive ketones (excluding diaryl/α,β-unsaturated/α-hetero) is 1. The molecule has 0 saturated carbocycles. The van der Waals surface area contributed by atoms with Gasteiger partial charge in [0.25, 0.3) is 0 Å². The van der Waals surface area contributed by atoms with Crippen LogP contribution < -0.4 is 9.47 Å². The SMILES string of the molecule is CC(C)(C)OC(=O)COc1ccc2c(c1)O/C(=C/C=C/c1ccccc1)C2=O. The lowest BCUT2D eigenvalue weighted by molar-refractivity contribution is -0.157. The van der Waals surface area contributed by atoms with Gasteiger partial charge >= 0.3 is 5.97 Å². The van der Waals surface area contributed by atoms with Crippen molar-refractivity contribution in [1.29, 1.82) is 0 Å². The van der Waals surface area contributed by atoms with E-state index < -0.39 is 11.6 Å². The molecule has 2 aromatic rings. The smallest absolute Gasteiger partial charge is 0.344 e. The minimum Gasteiger partial charge on any atom is -0.482 e. The Morgan fingerprint density at radius 3 is 2.57 bits per heavy atom. The molecule has 0 unspecified atom stereocenters. The average molecular weight is 378 g/mol. The summed E-state index contributed by atoms with van der Waals surface area (Å²) in [5, 5.41) is 0. The maximum absolute atomic E-state index is 12.4. The molecule has 1 heterocycles. The third-order valence-corrected chi connectivity index (χ3v) is 3.75. The van der Waals surface area contributed by atoms with Crippen molar-refractivity contribution in [2.45, 2.75) is 26.4 Å². The van der Waals surface area contributed by atoms with E-state index in [0.717, 1.165) is 5.56 Å². The summed E-state index contributed by atoms with van der Waals surface area (Å²) in [6.07, 6.45) is 5.30. The van der Waals surface area contributed by atoms with E-state index in [-0.39, 0.29) is 18.1 Å². The number of allylic oxidation sites excluding steroid dienone is 3. The van der Waals surface area contributed by atoms with Crippen molar-refractivity contribution in [2.24, 2.45) is 0 Å². The van der Waals surface area contributed by atoms with Crippen molar-refractivity contribution in [1.82, 2.24) is 0 Å². The van der Waals surface area contributed by atoms with Crippen LogP contribution in [0.3, 0.4) is 0 Å². The molecule has 144 valence electrons. The van der Waals surface area contributed by atoms with E-state index in [4.69, 9.17) is 14.2 Å². The molecule has 0 N–H and O–H groups in total. The Bertz CT molecular complexity index is 933. The second-order valence-corrected chi connectivity index (χ2v) is 7.26. The Balaban J connectivity index is 1.64. The maximum Gasteiger partial charge on any atom is 0.344 e. The number of carbonyl (C=O) groups is 2. The van der Waals surface area contributed by atoms with Gasteiger partial charge in [-0.1, -0.05) is 42.5 Å². The van der Waals surface area contributed by atoms with Gasteiger partial charge in [-0.3, -0.25) is 4.79 Å². The zero-order valence-electron chi connectivity index (χ0n) is 16.1. The minimum atomic E-state index is -0.569. The standard InChI is InChI=1S/C23H22O5/c1-23(2,3)28-21(24)15-26-17-12-13-18-20(14-17)27-19(22(18)25)11-7-10-16-8-5-4-6-9-16/h4-14H,15H2,1-3H3/b10-7+,19-11+. The first-order valence-corrected chi connectivity index (χ1v) is 8.96. The van der Waals surface area contributed by atoms with Gasteiger partial charge in [0.05, 0.1) is 5.56 Å². The summed E-state index contributed by atoms with van der Waals surface area (Å²) in [4.78, 5) is 24.2. The monoisotopic (exact) mass is 378 g/mol. The first-order valence-electron chi connectivity index (χ1n) is 8.96. The zero-order valence-corrected chi connectivity index (χ0v) is 16.1. The molecule has 0 atom stereocenters. The minimum absolute atomic E-state index is 0.189. The molecular weight excluding hydrogens is 356 g/mol. The van der Waals surface area contributed by atoms with Crippen LogP contribution >= 0.6 is 0 Å². The van der Waals surface area contributed by atoms with Crippen LogP contribution in [0.5, 0.6) is 11.5 Å². The summed E-state index contributed by atoms with van der Waals surface area (Å²) in [6.45, 7) is 5.16. The molecule has 1 aliphatic heterocycles. The van der Waals surface area contributed by atoms with Gasteiger partial charge in [0.15, 0.2) is 12.4 Å². The molecule has 28 heavy (non-hydrogen) atoms. The highest BCUT2D eigenvalue weighted by Gasteiger charge is 2.27. The lowest BCUT2D eigenvalue weighted by atomic mass is 10.1. The van der Waals surface area contributed by atoms with E-state index in [1.54, 1.807) is 51.1 Å². The molecule has 0 saturated heterocycles. The van der Waals surface area contributed by atoms with Crippen LogP contribution in [0.25, 0.3) is 6.08 Å². The second-order valence-electron chi connectivity index (χ2n) is 7.26. The van der Waals surface area contributed by atoms with Gasteiger partial charge in [-0.05, 0) is 44.5 Å². The van der Waals surface area contributed by atoms with Crippen LogP contribution in [0, 0.1) is 0 Å². The van der Waals surface area contributed by atoms with Crippen LogP contribution in [0.4, 0.5) is 0 Å². The first kappa shape index (κ1) is 19.4. The van der Waals surface area contributed by atoms with Crippen molar-refractivity contribution in [3.8, 4) is 11.5 Å². The van der Waals surface area contributed by atoms with Crippen LogP contribution in [-0.2, 0) is 9.53 Å². The third-order valence-electron chi connectivity index (χ3n) is 3.75. The first-order chi connectivity index (χ1) is 13.3. The van der Waals surface area contributed by atoms with Gasteiger partial charge in [-0.25, -0.2) is 4.79 Å². The largest absolute Gasteiger partial charge is 0.482 e. The summed E-state index contributed by atoms with van der Waals surface area (Å²) >= 11 is 0. The van der Waals surface area contributed by atoms with Gasteiger partial charge in [0.1, 0.15) is 17.1 Å². The van der Waals surface area contributed by atoms with Crippen molar-refractivity contribution >= 4 is 17.8 Å². The van der Waals surface area contributed by atoms with E-state index in [0.29, 0.717) is 17.1 Å². The molecule has 0 spiro atoms. The van der Waals surface area contributed by atoms with E-state index in [1.165, 1.54) is 0 Å². The van der Waals surface area contributed by atoms with E-state index in [1.807, 2.05) is 36.4 Å². The number of hydrogen-bond acceptors (Lipinski definition) is 5. The zero-order chi connectivity index (χ0) is 20.1. The number of ether oxygens (including phenoxy) is 3. The fourth-order valence-electron chi connectivity index (χ4n) is 2.60. The molecule has 5 heteroatoms. The lowest BCUT2D eigenvalue weighted by Gasteiger charge is -2.19. The highest BCUT2D eigenvalue weighted by Crippen LogP contribution is 2.34. The topological polar surface area (TPSA) is 61.8 Å². The van der Waals surface area contributed by atoms with Gasteiger partial charge < -0.3 is 14.2 Å². The number of carbonyl (C=O) groups excluding carboxylic acids is 2. The summed E-state index contributed by atoms with van der Waals surface area (Å²) in [5.41, 5.74) is 0.921. The van der Waals surface area contributed by atoms with Gasteiger partial charge in [-0.15, -0.1) is 0 Å². The number of benzene rings is 2. The van der Waals surface area contributed by atoms with E-state index in [2.05, 4.69) is 0 Å². The van der Waals surface area contributed by atoms with Crippen LogP contribution in [0.2, 0.25) is 0 Å². The normalized spacial score (nSPS) is 14.8. The molecule has 2 aromatic carbocycles. The van der Waals surface area contributed by atoms with Gasteiger partial charge in [0.2, 0.25) is 5.78 Å². The molecule has 0 amide bonds. The molecule has 1 aliphatic rings. The summed E-state index contributed by atoms with van der Waals surface area (Å²) in [5.74, 6) is 0.430. The molecule has 0 aliphatic carbocycles. The second kappa shape index (κ2) is 8.13. The van der Waals surface area contributed by atoms with E-state index in [9.17, 15) is 9.59 Å². The molecular formula is C23H22O5. The molecule has 0 aromatic heterocycles. The Morgan fingerprint density at radius 2 is 1.86 bits per heavy atom. The van der Waals surface area contributed by atoms with Crippen molar-refractivity contribution in [3.63, 3.8) is 0 Å². The summed E-state index contributed by atoms with van der Waals surface area (Å²) < 4.78 is 16.3. The molecule has 0 bridgehead atoms. The fraction of sp³-hybridized carbons (Fsp3) is 0.217. The Labute approximate surface area is 164 Å². The predicted octanol–water partition coefficient (Wildman–Crippen LogP) is 4.58. The van der Waals surface area contributed by atoms with Gasteiger partial charge in [0, 0.05) is 6.07 Å². The van der Waals surface area contributed by atoms with Crippen molar-refractivity contribution < 1.29 is 23.8 Å². The number of esters is 1. The Hall–Kier alpha value is -3.34. The highest BCUT2D eigenvalue weighted by atomic mass is 16.6. The average Bonchev–Trinajstić information content (AvgIpc) is 2.95. The predicted molar refractivity (Wildman–Crippen MR) is 106 cm³/mol. The van der Waals surface area contributed by atoms with Crippen LogP contribution in [-0.4, -0.2) is 24.0 Å². The maximum atomic E-state index is 12.4. The summed E-state index contributed by atoms with van der Waals surface area (Å²) in [6, 6.07) is 14.6. The van der Waals surface area contributed by atoms with Crippen molar-refractivity contribution in [3.05, 3.63) is 77.6 Å². The number of ketones is 1. The summed E-state index contributed by atoms with van der Waals surface area (Å²) in [7, 11) is 0. The Morgan fingerprint density at radius 1 is 1.11 bits per heavy atom. The highest BCUT2D eigenvalue weighted by molar-refractivity contribution is 6.12.